The molecular weight excluding hydrogens is 597 g/mol. The first-order chi connectivity index (χ1) is 19.0. The number of hydrogen-bond donors (Lipinski definition) is 4. The van der Waals surface area contributed by atoms with Crippen molar-refractivity contribution in [3.63, 3.8) is 0 Å². The van der Waals surface area contributed by atoms with Gasteiger partial charge in [-0.3, -0.25) is 9.59 Å². The summed E-state index contributed by atoms with van der Waals surface area (Å²) in [6.07, 6.45) is 0. The third-order valence-corrected chi connectivity index (χ3v) is 7.86. The number of anilines is 2. The van der Waals surface area contributed by atoms with Gasteiger partial charge < -0.3 is 20.8 Å². The van der Waals surface area contributed by atoms with Crippen molar-refractivity contribution >= 4 is 80.9 Å². The molecule has 0 aliphatic carbocycles. The number of benzene rings is 3. The maximum Gasteiger partial charge on any atom is 0.336 e. The van der Waals surface area contributed by atoms with E-state index in [-0.39, 0.29) is 17.0 Å². The highest BCUT2D eigenvalue weighted by molar-refractivity contribution is 8.00. The Kier molecular flexibility index (Phi) is 9.10. The molecule has 0 aliphatic heterocycles. The highest BCUT2D eigenvalue weighted by Gasteiger charge is 2.20. The molecule has 9 nitrogen and oxygen atoms in total. The lowest BCUT2D eigenvalue weighted by Crippen LogP contribution is -2.22. The second-order valence-electron chi connectivity index (χ2n) is 8.26. The minimum atomic E-state index is -1.43. The van der Waals surface area contributed by atoms with Gasteiger partial charge in [0.15, 0.2) is 5.13 Å². The molecule has 40 heavy (non-hydrogen) atoms. The monoisotopic (exact) mass is 615 g/mol. The number of aromatic carboxylic acids is 2. The lowest BCUT2D eigenvalue weighted by molar-refractivity contribution is -0.115. The van der Waals surface area contributed by atoms with Gasteiger partial charge in [-0.25, -0.2) is 14.6 Å². The van der Waals surface area contributed by atoms with Gasteiger partial charge in [-0.05, 0) is 61.5 Å². The van der Waals surface area contributed by atoms with Crippen LogP contribution >= 0.6 is 46.3 Å². The molecule has 1 heterocycles. The molecule has 3 aromatic carbocycles. The summed E-state index contributed by atoms with van der Waals surface area (Å²) >= 11 is 14.7. The van der Waals surface area contributed by atoms with Crippen LogP contribution in [0.25, 0.3) is 11.3 Å². The maximum absolute atomic E-state index is 12.8. The van der Waals surface area contributed by atoms with E-state index in [9.17, 15) is 24.3 Å². The van der Waals surface area contributed by atoms with Crippen molar-refractivity contribution < 1.29 is 29.4 Å². The number of nitrogens with one attached hydrogen (secondary N) is 2. The number of aromatic nitrogens is 1. The summed E-state index contributed by atoms with van der Waals surface area (Å²) in [6, 6.07) is 15.0. The van der Waals surface area contributed by atoms with E-state index in [4.69, 9.17) is 28.3 Å². The molecule has 13 heteroatoms. The van der Waals surface area contributed by atoms with Crippen LogP contribution in [0.2, 0.25) is 10.0 Å². The van der Waals surface area contributed by atoms with Crippen LogP contribution in [-0.2, 0) is 4.79 Å². The molecule has 4 aromatic rings. The van der Waals surface area contributed by atoms with Gasteiger partial charge >= 0.3 is 11.9 Å². The Morgan fingerprint density at radius 1 is 0.925 bits per heavy atom. The molecular formula is C27H19Cl2N3O6S2. The Bertz CT molecular complexity index is 1640. The topological polar surface area (TPSA) is 146 Å². The number of thioether (sulfide) groups is 1. The number of thiazole rings is 1. The van der Waals surface area contributed by atoms with Crippen molar-refractivity contribution in [3.05, 3.63) is 92.8 Å². The predicted octanol–water partition coefficient (Wildman–Crippen LogP) is 6.88. The van der Waals surface area contributed by atoms with Crippen molar-refractivity contribution in [2.75, 3.05) is 10.6 Å². The fourth-order valence-corrected chi connectivity index (χ4v) is 5.66. The quantitative estimate of drug-likeness (QED) is 0.149. The highest BCUT2D eigenvalue weighted by Crippen LogP contribution is 2.33. The van der Waals surface area contributed by atoms with Crippen LogP contribution in [-0.4, -0.2) is 44.2 Å². The minimum Gasteiger partial charge on any atom is -0.478 e. The van der Waals surface area contributed by atoms with Gasteiger partial charge in [0.1, 0.15) is 0 Å². The Morgan fingerprint density at radius 2 is 1.70 bits per heavy atom. The van der Waals surface area contributed by atoms with Gasteiger partial charge in [0.05, 0.1) is 32.7 Å². The van der Waals surface area contributed by atoms with Crippen LogP contribution in [0.3, 0.4) is 0 Å². The smallest absolute Gasteiger partial charge is 0.336 e. The Morgan fingerprint density at radius 3 is 2.40 bits per heavy atom. The van der Waals surface area contributed by atoms with Crippen molar-refractivity contribution in [2.24, 2.45) is 0 Å². The van der Waals surface area contributed by atoms with E-state index >= 15 is 0 Å². The SMILES string of the molecule is CC(Sc1cccc(NC(=O)c2ccc(C(=O)O)cc2C(=O)O)c1)C(=O)Nc1nc(-c2ccc(Cl)cc2Cl)cs1. The number of carbonyl (C=O) groups is 4. The highest BCUT2D eigenvalue weighted by atomic mass is 35.5. The number of nitrogens with zero attached hydrogens (tertiary/aromatic N) is 1. The fourth-order valence-electron chi connectivity index (χ4n) is 3.51. The Labute approximate surface area is 246 Å². The summed E-state index contributed by atoms with van der Waals surface area (Å²) in [6.45, 7) is 1.72. The average Bonchev–Trinajstić information content (AvgIpc) is 3.36. The van der Waals surface area contributed by atoms with Crippen molar-refractivity contribution in [2.45, 2.75) is 17.1 Å². The number of amides is 2. The zero-order chi connectivity index (χ0) is 29.0. The molecule has 1 atom stereocenters. The van der Waals surface area contributed by atoms with Crippen LogP contribution in [0.5, 0.6) is 0 Å². The number of carboxylic acids is 2. The second kappa shape index (κ2) is 12.5. The Balaban J connectivity index is 1.41. The van der Waals surface area contributed by atoms with Crippen LogP contribution in [0.4, 0.5) is 10.8 Å². The maximum atomic E-state index is 12.8. The molecule has 4 rings (SSSR count). The summed E-state index contributed by atoms with van der Waals surface area (Å²) in [5.41, 5.74) is 0.794. The average molecular weight is 617 g/mol. The summed E-state index contributed by atoms with van der Waals surface area (Å²) < 4.78 is 0. The van der Waals surface area contributed by atoms with E-state index < -0.39 is 28.7 Å². The first kappa shape index (κ1) is 29.1. The lowest BCUT2D eigenvalue weighted by Gasteiger charge is -2.12. The summed E-state index contributed by atoms with van der Waals surface area (Å²) in [7, 11) is 0. The van der Waals surface area contributed by atoms with E-state index in [1.165, 1.54) is 23.1 Å². The van der Waals surface area contributed by atoms with Gasteiger partial charge in [0.25, 0.3) is 5.91 Å². The molecule has 1 aromatic heterocycles. The molecule has 0 fully saturated rings. The fraction of sp³-hybridized carbons (Fsp3) is 0.0741. The summed E-state index contributed by atoms with van der Waals surface area (Å²) in [4.78, 5) is 53.5. The number of hydrogen-bond acceptors (Lipinski definition) is 7. The number of carbonyl (C=O) groups excluding carboxylic acids is 2. The van der Waals surface area contributed by atoms with E-state index in [0.29, 0.717) is 37.0 Å². The molecule has 4 N–H and O–H groups in total. The van der Waals surface area contributed by atoms with Crippen LogP contribution < -0.4 is 10.6 Å². The van der Waals surface area contributed by atoms with Gasteiger partial charge in [-0.15, -0.1) is 23.1 Å². The first-order valence-electron chi connectivity index (χ1n) is 11.4. The number of rotatable bonds is 9. The summed E-state index contributed by atoms with van der Waals surface area (Å²) in [5, 5.41) is 26.6. The van der Waals surface area contributed by atoms with Gasteiger partial charge in [0, 0.05) is 26.5 Å². The lowest BCUT2D eigenvalue weighted by atomic mass is 10.0. The molecule has 0 saturated heterocycles. The number of halogens is 2. The zero-order valence-electron chi connectivity index (χ0n) is 20.5. The molecule has 0 saturated carbocycles. The normalized spacial score (nSPS) is 11.5. The molecule has 0 radical (unpaired) electrons. The first-order valence-corrected chi connectivity index (χ1v) is 13.9. The van der Waals surface area contributed by atoms with Gasteiger partial charge in [-0.1, -0.05) is 29.3 Å². The van der Waals surface area contributed by atoms with Gasteiger partial charge in [0.2, 0.25) is 5.91 Å². The number of carboxylic acid groups (broad SMARTS) is 2. The van der Waals surface area contributed by atoms with E-state index in [2.05, 4.69) is 15.6 Å². The standard InChI is InChI=1S/C27H19Cl2N3O6S2/c1-13(23(33)32-27-31-22(12-39-27)19-8-6-15(28)10-21(19)29)40-17-4-2-3-16(11-17)30-24(34)18-7-5-14(25(35)36)9-20(18)26(37)38/h2-13H,1H3,(H,30,34)(H,35,36)(H,37,38)(H,31,32,33). The Hall–Kier alpha value is -3.90. The minimum absolute atomic E-state index is 0.189. The summed E-state index contributed by atoms with van der Waals surface area (Å²) in [5.74, 6) is -3.74. The molecule has 204 valence electrons. The van der Waals surface area contributed by atoms with E-state index in [0.717, 1.165) is 18.2 Å². The third kappa shape index (κ3) is 6.99. The zero-order valence-corrected chi connectivity index (χ0v) is 23.6. The van der Waals surface area contributed by atoms with Crippen LogP contribution in [0, 0.1) is 0 Å². The predicted molar refractivity (Wildman–Crippen MR) is 156 cm³/mol. The molecule has 0 aliphatic rings. The van der Waals surface area contributed by atoms with Crippen LogP contribution in [0.1, 0.15) is 38.0 Å². The van der Waals surface area contributed by atoms with Crippen molar-refractivity contribution in [1.29, 1.82) is 0 Å². The second-order valence-corrected chi connectivity index (χ2v) is 11.4. The third-order valence-electron chi connectivity index (χ3n) is 5.46. The van der Waals surface area contributed by atoms with Crippen LogP contribution in [0.15, 0.2) is 70.9 Å². The molecule has 0 bridgehead atoms. The van der Waals surface area contributed by atoms with Gasteiger partial charge in [-0.2, -0.15) is 0 Å². The molecule has 0 spiro atoms. The largest absolute Gasteiger partial charge is 0.478 e. The molecule has 1 unspecified atom stereocenters. The van der Waals surface area contributed by atoms with E-state index in [1.807, 2.05) is 0 Å². The van der Waals surface area contributed by atoms with E-state index in [1.54, 1.807) is 54.8 Å². The molecule has 2 amide bonds. The van der Waals surface area contributed by atoms with Crippen molar-refractivity contribution in [1.82, 2.24) is 4.98 Å². The van der Waals surface area contributed by atoms with Crippen molar-refractivity contribution in [3.8, 4) is 11.3 Å².